The monoisotopic (exact) mass is 349 g/mol. The molecule has 25 heavy (non-hydrogen) atoms. The number of hydrogen-bond donors (Lipinski definition) is 3. The molecule has 0 fully saturated rings. The number of ether oxygens (including phenoxy) is 1. The highest BCUT2D eigenvalue weighted by Gasteiger charge is 2.11. The zero-order valence-electron chi connectivity index (χ0n) is 14.4. The molecule has 0 bridgehead atoms. The van der Waals surface area contributed by atoms with Gasteiger partial charge >= 0.3 is 0 Å². The van der Waals surface area contributed by atoms with Gasteiger partial charge in [-0.15, -0.1) is 0 Å². The van der Waals surface area contributed by atoms with Crippen LogP contribution in [0.2, 0.25) is 0 Å². The van der Waals surface area contributed by atoms with E-state index in [0.29, 0.717) is 37.4 Å². The van der Waals surface area contributed by atoms with Crippen LogP contribution in [-0.2, 0) is 14.3 Å². The molecule has 136 valence electrons. The van der Waals surface area contributed by atoms with Crippen molar-refractivity contribution in [1.82, 2.24) is 5.32 Å². The quantitative estimate of drug-likeness (QED) is 0.394. The highest BCUT2D eigenvalue weighted by molar-refractivity contribution is 6.01. The molecule has 8 nitrogen and oxygen atoms in total. The Morgan fingerprint density at radius 2 is 1.72 bits per heavy atom. The van der Waals surface area contributed by atoms with Crippen molar-refractivity contribution in [3.8, 4) is 0 Å². The first-order valence-electron chi connectivity index (χ1n) is 7.83. The Balaban J connectivity index is 2.68. The summed E-state index contributed by atoms with van der Waals surface area (Å²) in [5, 5.41) is 5.43. The summed E-state index contributed by atoms with van der Waals surface area (Å²) in [6.45, 7) is 3.79. The molecule has 1 rings (SSSR count). The Labute approximate surface area is 146 Å². The van der Waals surface area contributed by atoms with Crippen molar-refractivity contribution in [3.63, 3.8) is 0 Å². The number of carbonyl (C=O) groups excluding carboxylic acids is 4. The molecule has 4 N–H and O–H groups in total. The Kier molecular flexibility index (Phi) is 8.28. The van der Waals surface area contributed by atoms with Crippen LogP contribution < -0.4 is 16.4 Å². The molecule has 0 saturated carbocycles. The van der Waals surface area contributed by atoms with Gasteiger partial charge in [0.05, 0.1) is 19.8 Å². The number of nitrogens with two attached hydrogens (primary N) is 1. The average Bonchev–Trinajstić information content (AvgIpc) is 2.55. The first kappa shape index (κ1) is 20.3. The fourth-order valence-corrected chi connectivity index (χ4v) is 1.92. The first-order valence-corrected chi connectivity index (χ1v) is 7.83. The summed E-state index contributed by atoms with van der Waals surface area (Å²) in [5.74, 6) is -1.28. The Bertz CT molecular complexity index is 658. The number of nitrogens with one attached hydrogen (secondary N) is 2. The topological polar surface area (TPSA) is 128 Å². The molecule has 0 radical (unpaired) electrons. The summed E-state index contributed by atoms with van der Waals surface area (Å²) < 4.78 is 5.31. The third-order valence-electron chi connectivity index (χ3n) is 3.20. The molecule has 0 unspecified atom stereocenters. The largest absolute Gasteiger partial charge is 0.383 e. The number of primary amides is 1. The minimum Gasteiger partial charge on any atom is -0.383 e. The van der Waals surface area contributed by atoms with Crippen molar-refractivity contribution < 1.29 is 23.9 Å². The van der Waals surface area contributed by atoms with E-state index in [4.69, 9.17) is 10.5 Å². The number of rotatable bonds is 11. The fraction of sp³-hybridized carbons (Fsp3) is 0.412. The lowest BCUT2D eigenvalue weighted by Gasteiger charge is -2.11. The summed E-state index contributed by atoms with van der Waals surface area (Å²) in [7, 11) is 0. The third kappa shape index (κ3) is 8.07. The van der Waals surface area contributed by atoms with E-state index >= 15 is 0 Å². The van der Waals surface area contributed by atoms with Crippen molar-refractivity contribution in [1.29, 1.82) is 0 Å². The maximum absolute atomic E-state index is 12.0. The van der Waals surface area contributed by atoms with Crippen molar-refractivity contribution in [2.45, 2.75) is 20.3 Å². The van der Waals surface area contributed by atoms with E-state index in [1.165, 1.54) is 19.9 Å². The van der Waals surface area contributed by atoms with Crippen LogP contribution in [0.15, 0.2) is 18.2 Å². The molecular formula is C17H23N3O5. The second-order valence-electron chi connectivity index (χ2n) is 5.50. The molecule has 0 aliphatic heterocycles. The Morgan fingerprint density at radius 1 is 1.04 bits per heavy atom. The predicted octanol–water partition coefficient (Wildman–Crippen LogP) is 0.512. The first-order chi connectivity index (χ1) is 11.8. The lowest BCUT2D eigenvalue weighted by molar-refractivity contribution is -0.118. The summed E-state index contributed by atoms with van der Waals surface area (Å²) in [5.41, 5.74) is 6.18. The van der Waals surface area contributed by atoms with Crippen LogP contribution in [0.5, 0.6) is 0 Å². The molecule has 0 aromatic heterocycles. The zero-order valence-corrected chi connectivity index (χ0v) is 14.4. The van der Waals surface area contributed by atoms with Crippen molar-refractivity contribution in [2.75, 3.05) is 31.6 Å². The summed E-state index contributed by atoms with van der Waals surface area (Å²) in [6.07, 6.45) is 0.365. The Hall–Kier alpha value is -2.74. The van der Waals surface area contributed by atoms with Gasteiger partial charge in [-0.05, 0) is 32.0 Å². The van der Waals surface area contributed by atoms with Crippen LogP contribution in [0, 0.1) is 0 Å². The van der Waals surface area contributed by atoms with E-state index in [1.807, 2.05) is 0 Å². The second-order valence-corrected chi connectivity index (χ2v) is 5.50. The van der Waals surface area contributed by atoms with Gasteiger partial charge in [0.2, 0.25) is 5.91 Å². The summed E-state index contributed by atoms with van der Waals surface area (Å²) >= 11 is 0. The number of hydrogen-bond acceptors (Lipinski definition) is 6. The van der Waals surface area contributed by atoms with E-state index in [1.54, 1.807) is 12.1 Å². The SMILES string of the molecule is CC(=O)CCOCCNc1cc(C(C)=O)cc(C(=O)NCC(N)=O)c1. The molecule has 0 spiro atoms. The number of ketones is 2. The summed E-state index contributed by atoms with van der Waals surface area (Å²) in [6, 6.07) is 4.65. The van der Waals surface area contributed by atoms with E-state index in [-0.39, 0.29) is 23.7 Å². The maximum Gasteiger partial charge on any atom is 0.251 e. The molecular weight excluding hydrogens is 326 g/mol. The molecule has 0 atom stereocenters. The lowest BCUT2D eigenvalue weighted by atomic mass is 10.1. The molecule has 0 heterocycles. The molecule has 0 saturated heterocycles. The number of benzene rings is 1. The molecule has 1 aromatic carbocycles. The molecule has 0 aliphatic rings. The predicted molar refractivity (Wildman–Crippen MR) is 92.6 cm³/mol. The van der Waals surface area contributed by atoms with Crippen LogP contribution in [0.3, 0.4) is 0 Å². The van der Waals surface area contributed by atoms with Gasteiger partial charge < -0.3 is 21.1 Å². The van der Waals surface area contributed by atoms with Gasteiger partial charge in [0.25, 0.3) is 5.91 Å². The normalized spacial score (nSPS) is 10.2. The third-order valence-corrected chi connectivity index (χ3v) is 3.20. The fourth-order valence-electron chi connectivity index (χ4n) is 1.92. The molecule has 8 heteroatoms. The van der Waals surface area contributed by atoms with E-state index in [2.05, 4.69) is 10.6 Å². The minimum atomic E-state index is -0.655. The standard InChI is InChI=1S/C17H23N3O5/c1-11(21)3-5-25-6-4-19-15-8-13(12(2)22)7-14(9-15)17(24)20-10-16(18)23/h7-9,19H,3-6,10H2,1-2H3,(H2,18,23)(H,20,24). The van der Waals surface area contributed by atoms with Gasteiger partial charge in [0, 0.05) is 29.8 Å². The van der Waals surface area contributed by atoms with Crippen LogP contribution >= 0.6 is 0 Å². The second kappa shape index (κ2) is 10.2. The van der Waals surface area contributed by atoms with Crippen LogP contribution in [0.1, 0.15) is 41.0 Å². The van der Waals surface area contributed by atoms with Gasteiger partial charge in [-0.1, -0.05) is 0 Å². The van der Waals surface area contributed by atoms with Gasteiger partial charge in [-0.2, -0.15) is 0 Å². The molecule has 2 amide bonds. The van der Waals surface area contributed by atoms with Gasteiger partial charge in [-0.25, -0.2) is 0 Å². The number of anilines is 1. The number of amides is 2. The van der Waals surface area contributed by atoms with Crippen molar-refractivity contribution >= 4 is 29.1 Å². The zero-order chi connectivity index (χ0) is 18.8. The lowest BCUT2D eigenvalue weighted by Crippen LogP contribution is -2.33. The minimum absolute atomic E-state index is 0.0636. The molecule has 1 aromatic rings. The van der Waals surface area contributed by atoms with E-state index in [9.17, 15) is 19.2 Å². The number of Topliss-reactive ketones (excluding diaryl/α,β-unsaturated/α-hetero) is 2. The van der Waals surface area contributed by atoms with Crippen LogP contribution in [0.25, 0.3) is 0 Å². The smallest absolute Gasteiger partial charge is 0.251 e. The van der Waals surface area contributed by atoms with Crippen molar-refractivity contribution in [3.05, 3.63) is 29.3 Å². The molecule has 0 aliphatic carbocycles. The van der Waals surface area contributed by atoms with Gasteiger partial charge in [0.15, 0.2) is 5.78 Å². The van der Waals surface area contributed by atoms with Crippen molar-refractivity contribution in [2.24, 2.45) is 5.73 Å². The van der Waals surface area contributed by atoms with Gasteiger partial charge in [-0.3, -0.25) is 19.2 Å². The summed E-state index contributed by atoms with van der Waals surface area (Å²) in [4.78, 5) is 45.2. The van der Waals surface area contributed by atoms with E-state index < -0.39 is 11.8 Å². The maximum atomic E-state index is 12.0. The highest BCUT2D eigenvalue weighted by atomic mass is 16.5. The highest BCUT2D eigenvalue weighted by Crippen LogP contribution is 2.16. The van der Waals surface area contributed by atoms with E-state index in [0.717, 1.165) is 0 Å². The van der Waals surface area contributed by atoms with Crippen LogP contribution in [-0.4, -0.2) is 49.7 Å². The average molecular weight is 349 g/mol. The van der Waals surface area contributed by atoms with Gasteiger partial charge in [0.1, 0.15) is 5.78 Å². The number of carbonyl (C=O) groups is 4. The Morgan fingerprint density at radius 3 is 2.32 bits per heavy atom. The van der Waals surface area contributed by atoms with Crippen LogP contribution in [0.4, 0.5) is 5.69 Å².